The number of carbonyl (C=O) groups is 1. The molecule has 0 heterocycles. The quantitative estimate of drug-likeness (QED) is 0.657. The van der Waals surface area contributed by atoms with Crippen molar-refractivity contribution in [2.24, 2.45) is 0 Å². The lowest BCUT2D eigenvalue weighted by Gasteiger charge is -2.23. The summed E-state index contributed by atoms with van der Waals surface area (Å²) in [5.74, 6) is -0.263. The van der Waals surface area contributed by atoms with Gasteiger partial charge in [-0.1, -0.05) is 35.9 Å². The number of alkyl halides is 3. The third-order valence-corrected chi connectivity index (χ3v) is 5.78. The van der Waals surface area contributed by atoms with E-state index in [0.717, 1.165) is 39.9 Å². The van der Waals surface area contributed by atoms with Crippen molar-refractivity contribution in [3.8, 4) is 0 Å². The van der Waals surface area contributed by atoms with Gasteiger partial charge in [-0.25, -0.2) is 8.42 Å². The maximum absolute atomic E-state index is 12.9. The Hall–Kier alpha value is -2.55. The van der Waals surface area contributed by atoms with Gasteiger partial charge in [0.25, 0.3) is 0 Å². The fraction of sp³-hybridized carbons (Fsp3) is 0.381. The molecule has 0 saturated carbocycles. The van der Waals surface area contributed by atoms with Gasteiger partial charge in [0.15, 0.2) is 0 Å². The predicted octanol–water partition coefficient (Wildman–Crippen LogP) is 4.44. The van der Waals surface area contributed by atoms with Crippen molar-refractivity contribution >= 4 is 21.6 Å². The molecule has 0 bridgehead atoms. The molecule has 0 aliphatic rings. The summed E-state index contributed by atoms with van der Waals surface area (Å²) in [5, 5.41) is 2.84. The van der Waals surface area contributed by atoms with Gasteiger partial charge in [0.05, 0.1) is 23.5 Å². The van der Waals surface area contributed by atoms with Crippen molar-refractivity contribution in [1.29, 1.82) is 0 Å². The van der Waals surface area contributed by atoms with Crippen molar-refractivity contribution < 1.29 is 26.4 Å². The molecule has 1 N–H and O–H groups in total. The number of halogens is 3. The Morgan fingerprint density at radius 2 is 1.77 bits per heavy atom. The lowest BCUT2D eigenvalue weighted by Crippen LogP contribution is -2.32. The first kappa shape index (κ1) is 23.7. The van der Waals surface area contributed by atoms with Crippen LogP contribution in [0.3, 0.4) is 0 Å². The zero-order chi connectivity index (χ0) is 22.5. The second kappa shape index (κ2) is 9.51. The molecule has 164 valence electrons. The van der Waals surface area contributed by atoms with Gasteiger partial charge in [0.2, 0.25) is 15.9 Å². The molecule has 0 spiro atoms. The Kier molecular flexibility index (Phi) is 7.52. The molecular formula is C21H25F3N2O3S. The number of sulfonamides is 1. The summed E-state index contributed by atoms with van der Waals surface area (Å²) >= 11 is 0. The summed E-state index contributed by atoms with van der Waals surface area (Å²) in [6, 6.07) is 11.6. The first-order chi connectivity index (χ1) is 13.9. The molecule has 30 heavy (non-hydrogen) atoms. The van der Waals surface area contributed by atoms with E-state index >= 15 is 0 Å². The average Bonchev–Trinajstić information content (AvgIpc) is 2.64. The van der Waals surface area contributed by atoms with Crippen LogP contribution in [0.4, 0.5) is 18.9 Å². The third-order valence-electron chi connectivity index (χ3n) is 4.58. The minimum Gasteiger partial charge on any atom is -0.350 e. The van der Waals surface area contributed by atoms with Gasteiger partial charge in [-0.15, -0.1) is 0 Å². The molecule has 1 atom stereocenters. The number of aryl methyl sites for hydroxylation is 1. The zero-order valence-corrected chi connectivity index (χ0v) is 17.8. The zero-order valence-electron chi connectivity index (χ0n) is 17.0. The minimum absolute atomic E-state index is 0.0428. The number of amides is 1. The van der Waals surface area contributed by atoms with E-state index in [1.807, 2.05) is 38.1 Å². The minimum atomic E-state index is -4.58. The highest BCUT2D eigenvalue weighted by atomic mass is 32.2. The summed E-state index contributed by atoms with van der Waals surface area (Å²) in [7, 11) is -3.81. The van der Waals surface area contributed by atoms with Crippen LogP contribution in [0.1, 0.15) is 42.5 Å². The molecule has 0 aliphatic heterocycles. The molecular weight excluding hydrogens is 417 g/mol. The Morgan fingerprint density at radius 3 is 2.33 bits per heavy atom. The number of carbonyl (C=O) groups excluding carboxylic acids is 1. The van der Waals surface area contributed by atoms with E-state index in [4.69, 9.17) is 0 Å². The molecule has 5 nitrogen and oxygen atoms in total. The normalized spacial score (nSPS) is 13.0. The molecule has 2 aromatic carbocycles. The Balaban J connectivity index is 2.00. The summed E-state index contributed by atoms with van der Waals surface area (Å²) < 4.78 is 63.9. The SMILES string of the molecule is Cc1ccc(C(C)NC(=O)CCCN(c2cccc(C(F)(F)F)c2)S(C)(=O)=O)cc1. The number of nitrogens with zero attached hydrogens (tertiary/aromatic N) is 1. The molecule has 1 unspecified atom stereocenters. The highest BCUT2D eigenvalue weighted by Crippen LogP contribution is 2.32. The van der Waals surface area contributed by atoms with Crippen LogP contribution in [0.15, 0.2) is 48.5 Å². The van der Waals surface area contributed by atoms with Crippen LogP contribution in [0.25, 0.3) is 0 Å². The molecule has 0 fully saturated rings. The first-order valence-corrected chi connectivity index (χ1v) is 11.2. The van der Waals surface area contributed by atoms with Crippen molar-refractivity contribution in [1.82, 2.24) is 5.32 Å². The van der Waals surface area contributed by atoms with E-state index in [0.29, 0.717) is 0 Å². The van der Waals surface area contributed by atoms with Crippen LogP contribution >= 0.6 is 0 Å². The number of hydrogen-bond donors (Lipinski definition) is 1. The molecule has 9 heteroatoms. The van der Waals surface area contributed by atoms with Gasteiger partial charge in [-0.3, -0.25) is 9.10 Å². The highest BCUT2D eigenvalue weighted by molar-refractivity contribution is 7.92. The molecule has 2 aromatic rings. The van der Waals surface area contributed by atoms with E-state index in [2.05, 4.69) is 5.32 Å². The Labute approximate surface area is 175 Å². The monoisotopic (exact) mass is 442 g/mol. The number of hydrogen-bond acceptors (Lipinski definition) is 3. The first-order valence-electron chi connectivity index (χ1n) is 9.39. The maximum Gasteiger partial charge on any atom is 0.416 e. The predicted molar refractivity (Wildman–Crippen MR) is 111 cm³/mol. The number of nitrogens with one attached hydrogen (secondary N) is 1. The lowest BCUT2D eigenvalue weighted by molar-refractivity contribution is -0.137. The van der Waals surface area contributed by atoms with Crippen molar-refractivity contribution in [2.75, 3.05) is 17.1 Å². The van der Waals surface area contributed by atoms with Gasteiger partial charge in [-0.2, -0.15) is 13.2 Å². The van der Waals surface area contributed by atoms with E-state index in [-0.39, 0.29) is 37.0 Å². The van der Waals surface area contributed by atoms with Gasteiger partial charge in [0, 0.05) is 13.0 Å². The van der Waals surface area contributed by atoms with Crippen LogP contribution < -0.4 is 9.62 Å². The molecule has 0 aliphatic carbocycles. The van der Waals surface area contributed by atoms with Crippen LogP contribution in [0.2, 0.25) is 0 Å². The molecule has 1 amide bonds. The summed E-state index contributed by atoms with van der Waals surface area (Å²) in [5.41, 5.74) is 1.03. The van der Waals surface area contributed by atoms with Gasteiger partial charge >= 0.3 is 6.18 Å². The molecule has 2 rings (SSSR count). The summed E-state index contributed by atoms with van der Waals surface area (Å²) in [4.78, 5) is 12.2. The standard InChI is InChI=1S/C21H25F3N2O3S/c1-15-9-11-17(12-10-15)16(2)25-20(27)8-5-13-26(30(3,28)29)19-7-4-6-18(14-19)21(22,23)24/h4,6-7,9-12,14,16H,5,8,13H2,1-3H3,(H,25,27). The highest BCUT2D eigenvalue weighted by Gasteiger charge is 2.31. The van der Waals surface area contributed by atoms with Gasteiger partial charge < -0.3 is 5.32 Å². The number of benzene rings is 2. The van der Waals surface area contributed by atoms with Gasteiger partial charge in [-0.05, 0) is 44.0 Å². The summed E-state index contributed by atoms with van der Waals surface area (Å²) in [6.07, 6.45) is -3.45. The van der Waals surface area contributed by atoms with E-state index < -0.39 is 21.8 Å². The second-order valence-corrected chi connectivity index (χ2v) is 9.09. The van der Waals surface area contributed by atoms with Crippen molar-refractivity contribution in [2.45, 2.75) is 38.9 Å². The van der Waals surface area contributed by atoms with E-state index in [1.54, 1.807) is 0 Å². The second-order valence-electron chi connectivity index (χ2n) is 7.19. The Morgan fingerprint density at radius 1 is 1.13 bits per heavy atom. The van der Waals surface area contributed by atoms with Crippen LogP contribution in [0, 0.1) is 6.92 Å². The van der Waals surface area contributed by atoms with Crippen molar-refractivity contribution in [3.05, 3.63) is 65.2 Å². The largest absolute Gasteiger partial charge is 0.416 e. The fourth-order valence-electron chi connectivity index (χ4n) is 2.96. The van der Waals surface area contributed by atoms with E-state index in [9.17, 15) is 26.4 Å². The molecule has 0 aromatic heterocycles. The Bertz CT molecular complexity index is 974. The molecule has 0 saturated heterocycles. The lowest BCUT2D eigenvalue weighted by atomic mass is 10.1. The summed E-state index contributed by atoms with van der Waals surface area (Å²) in [6.45, 7) is 3.70. The van der Waals surface area contributed by atoms with Crippen LogP contribution in [-0.4, -0.2) is 27.1 Å². The van der Waals surface area contributed by atoms with E-state index in [1.165, 1.54) is 6.07 Å². The topological polar surface area (TPSA) is 66.5 Å². The number of anilines is 1. The number of rotatable bonds is 8. The average molecular weight is 443 g/mol. The third kappa shape index (κ3) is 6.76. The molecule has 0 radical (unpaired) electrons. The van der Waals surface area contributed by atoms with Crippen LogP contribution in [-0.2, 0) is 21.0 Å². The van der Waals surface area contributed by atoms with Crippen LogP contribution in [0.5, 0.6) is 0 Å². The van der Waals surface area contributed by atoms with Crippen molar-refractivity contribution in [3.63, 3.8) is 0 Å². The fourth-order valence-corrected chi connectivity index (χ4v) is 3.92. The van der Waals surface area contributed by atoms with Gasteiger partial charge in [0.1, 0.15) is 0 Å². The smallest absolute Gasteiger partial charge is 0.350 e. The maximum atomic E-state index is 12.9.